The molecule has 0 spiro atoms. The Bertz CT molecular complexity index is 255. The van der Waals surface area contributed by atoms with Crippen LogP contribution in [-0.2, 0) is 0 Å². The van der Waals surface area contributed by atoms with Crippen molar-refractivity contribution in [2.24, 2.45) is 0 Å². The number of nitrogen functional groups attached to an aromatic ring is 1. The SMILES string of the molecule is CC(=N)c1cnccc1N. The smallest absolute Gasteiger partial charge is 0.0436 e. The second-order valence-corrected chi connectivity index (χ2v) is 2.09. The highest BCUT2D eigenvalue weighted by molar-refractivity contribution is 6.00. The molecule has 0 aliphatic rings. The molecule has 0 saturated carbocycles. The second kappa shape index (κ2) is 2.47. The van der Waals surface area contributed by atoms with Gasteiger partial charge in [-0.1, -0.05) is 0 Å². The van der Waals surface area contributed by atoms with Gasteiger partial charge in [-0.2, -0.15) is 0 Å². The fraction of sp³-hybridized carbons (Fsp3) is 0.143. The minimum absolute atomic E-state index is 0.450. The molecule has 0 atom stereocenters. The summed E-state index contributed by atoms with van der Waals surface area (Å²) in [5.74, 6) is 0. The number of rotatable bonds is 1. The standard InChI is InChI=1S/C7H9N3/c1-5(8)6-4-10-3-2-7(6)9/h2-4,8H,1H3,(H2,9,10). The molecular formula is C7H9N3. The number of nitrogens with one attached hydrogen (secondary N) is 1. The molecule has 0 unspecified atom stereocenters. The van der Waals surface area contributed by atoms with Gasteiger partial charge in [-0.05, 0) is 13.0 Å². The van der Waals surface area contributed by atoms with Gasteiger partial charge < -0.3 is 11.1 Å². The van der Waals surface area contributed by atoms with Crippen LogP contribution < -0.4 is 5.73 Å². The first-order valence-corrected chi connectivity index (χ1v) is 2.97. The molecule has 3 nitrogen and oxygen atoms in total. The third-order valence-corrected chi connectivity index (χ3v) is 1.26. The van der Waals surface area contributed by atoms with Gasteiger partial charge in [-0.3, -0.25) is 4.98 Å². The number of anilines is 1. The summed E-state index contributed by atoms with van der Waals surface area (Å²) in [5, 5.41) is 7.26. The molecule has 0 saturated heterocycles. The van der Waals surface area contributed by atoms with E-state index in [1.807, 2.05) is 0 Å². The highest BCUT2D eigenvalue weighted by atomic mass is 14.7. The molecule has 0 fully saturated rings. The topological polar surface area (TPSA) is 62.8 Å². The van der Waals surface area contributed by atoms with Crippen LogP contribution in [0.2, 0.25) is 0 Å². The summed E-state index contributed by atoms with van der Waals surface area (Å²) in [6, 6.07) is 1.69. The first-order chi connectivity index (χ1) is 4.72. The zero-order valence-corrected chi connectivity index (χ0v) is 5.76. The van der Waals surface area contributed by atoms with Crippen molar-refractivity contribution in [3.63, 3.8) is 0 Å². The maximum atomic E-state index is 7.26. The van der Waals surface area contributed by atoms with E-state index in [0.717, 1.165) is 0 Å². The average molecular weight is 135 g/mol. The lowest BCUT2D eigenvalue weighted by Gasteiger charge is -1.99. The van der Waals surface area contributed by atoms with Gasteiger partial charge in [0, 0.05) is 29.4 Å². The molecule has 0 aromatic carbocycles. The van der Waals surface area contributed by atoms with Crippen LogP contribution in [0.1, 0.15) is 12.5 Å². The number of nitrogens with two attached hydrogens (primary N) is 1. The summed E-state index contributed by atoms with van der Waals surface area (Å²) < 4.78 is 0. The summed E-state index contributed by atoms with van der Waals surface area (Å²) >= 11 is 0. The van der Waals surface area contributed by atoms with E-state index in [2.05, 4.69) is 4.98 Å². The predicted molar refractivity (Wildman–Crippen MR) is 41.2 cm³/mol. The molecule has 1 aromatic rings. The Kier molecular flexibility index (Phi) is 1.67. The first kappa shape index (κ1) is 6.74. The Morgan fingerprint density at radius 1 is 1.70 bits per heavy atom. The van der Waals surface area contributed by atoms with E-state index in [0.29, 0.717) is 17.0 Å². The molecule has 10 heavy (non-hydrogen) atoms. The van der Waals surface area contributed by atoms with Crippen LogP contribution in [0.3, 0.4) is 0 Å². The Balaban J connectivity index is 3.15. The molecule has 1 aromatic heterocycles. The summed E-state index contributed by atoms with van der Waals surface area (Å²) in [6.07, 6.45) is 3.21. The van der Waals surface area contributed by atoms with Gasteiger partial charge in [0.15, 0.2) is 0 Å². The molecule has 0 amide bonds. The molecule has 0 radical (unpaired) electrons. The molecule has 3 N–H and O–H groups in total. The van der Waals surface area contributed by atoms with E-state index in [9.17, 15) is 0 Å². The lowest BCUT2D eigenvalue weighted by molar-refractivity contribution is 1.30. The molecular weight excluding hydrogens is 126 g/mol. The Hall–Kier alpha value is -1.38. The lowest BCUT2D eigenvalue weighted by Crippen LogP contribution is -1.99. The van der Waals surface area contributed by atoms with E-state index >= 15 is 0 Å². The van der Waals surface area contributed by atoms with Crippen molar-refractivity contribution in [1.82, 2.24) is 4.98 Å². The van der Waals surface area contributed by atoms with Gasteiger partial charge in [0.05, 0.1) is 0 Å². The van der Waals surface area contributed by atoms with E-state index < -0.39 is 0 Å². The van der Waals surface area contributed by atoms with Crippen LogP contribution in [0.5, 0.6) is 0 Å². The van der Waals surface area contributed by atoms with Crippen LogP contribution >= 0.6 is 0 Å². The summed E-state index contributed by atoms with van der Waals surface area (Å²) in [5.41, 5.74) is 7.31. The van der Waals surface area contributed by atoms with Crippen molar-refractivity contribution in [3.8, 4) is 0 Å². The highest BCUT2D eigenvalue weighted by Crippen LogP contribution is 2.07. The molecule has 1 heterocycles. The maximum absolute atomic E-state index is 7.26. The Labute approximate surface area is 59.4 Å². The zero-order chi connectivity index (χ0) is 7.56. The highest BCUT2D eigenvalue weighted by Gasteiger charge is 1.97. The van der Waals surface area contributed by atoms with Gasteiger partial charge >= 0.3 is 0 Å². The van der Waals surface area contributed by atoms with Crippen LogP contribution in [-0.4, -0.2) is 10.7 Å². The van der Waals surface area contributed by atoms with Crippen molar-refractivity contribution >= 4 is 11.4 Å². The van der Waals surface area contributed by atoms with Crippen LogP contribution in [0.25, 0.3) is 0 Å². The van der Waals surface area contributed by atoms with Crippen molar-refractivity contribution in [1.29, 1.82) is 5.41 Å². The molecule has 0 aliphatic carbocycles. The predicted octanol–water partition coefficient (Wildman–Crippen LogP) is 1.05. The minimum atomic E-state index is 0.450. The van der Waals surface area contributed by atoms with E-state index in [1.54, 1.807) is 25.4 Å². The quantitative estimate of drug-likeness (QED) is 0.565. The van der Waals surface area contributed by atoms with Gasteiger partial charge in [-0.25, -0.2) is 0 Å². The lowest BCUT2D eigenvalue weighted by atomic mass is 10.2. The minimum Gasteiger partial charge on any atom is -0.398 e. The molecule has 1 rings (SSSR count). The van der Waals surface area contributed by atoms with E-state index in [4.69, 9.17) is 11.1 Å². The van der Waals surface area contributed by atoms with Crippen molar-refractivity contribution in [2.75, 3.05) is 5.73 Å². The van der Waals surface area contributed by atoms with Gasteiger partial charge in [0.2, 0.25) is 0 Å². The monoisotopic (exact) mass is 135 g/mol. The van der Waals surface area contributed by atoms with Crippen molar-refractivity contribution in [2.45, 2.75) is 6.92 Å². The van der Waals surface area contributed by atoms with Crippen LogP contribution in [0.4, 0.5) is 5.69 Å². The molecule has 52 valence electrons. The number of nitrogens with zero attached hydrogens (tertiary/aromatic N) is 1. The summed E-state index contributed by atoms with van der Waals surface area (Å²) in [7, 11) is 0. The third-order valence-electron chi connectivity index (χ3n) is 1.26. The number of hydrogen-bond acceptors (Lipinski definition) is 3. The van der Waals surface area contributed by atoms with Crippen LogP contribution in [0.15, 0.2) is 18.5 Å². The van der Waals surface area contributed by atoms with Gasteiger partial charge in [0.25, 0.3) is 0 Å². The van der Waals surface area contributed by atoms with Crippen LogP contribution in [0, 0.1) is 5.41 Å². The third kappa shape index (κ3) is 1.13. The van der Waals surface area contributed by atoms with E-state index in [-0.39, 0.29) is 0 Å². The summed E-state index contributed by atoms with van der Waals surface area (Å²) in [4.78, 5) is 3.85. The van der Waals surface area contributed by atoms with Gasteiger partial charge in [0.1, 0.15) is 0 Å². The van der Waals surface area contributed by atoms with Gasteiger partial charge in [-0.15, -0.1) is 0 Å². The maximum Gasteiger partial charge on any atom is 0.0436 e. The molecule has 0 aliphatic heterocycles. The Morgan fingerprint density at radius 2 is 2.40 bits per heavy atom. The summed E-state index contributed by atoms with van der Waals surface area (Å²) in [6.45, 7) is 1.69. The number of aromatic nitrogens is 1. The van der Waals surface area contributed by atoms with Crippen molar-refractivity contribution < 1.29 is 0 Å². The first-order valence-electron chi connectivity index (χ1n) is 2.97. The average Bonchev–Trinajstić information content (AvgIpc) is 1.88. The largest absolute Gasteiger partial charge is 0.398 e. The van der Waals surface area contributed by atoms with E-state index in [1.165, 1.54) is 0 Å². The fourth-order valence-electron chi connectivity index (χ4n) is 0.719. The molecule has 0 bridgehead atoms. The Morgan fingerprint density at radius 3 is 2.80 bits per heavy atom. The number of pyridine rings is 1. The zero-order valence-electron chi connectivity index (χ0n) is 5.76. The number of hydrogen-bond donors (Lipinski definition) is 2. The normalized spacial score (nSPS) is 9.30. The second-order valence-electron chi connectivity index (χ2n) is 2.09. The fourth-order valence-corrected chi connectivity index (χ4v) is 0.719. The molecule has 3 heteroatoms. The van der Waals surface area contributed by atoms with Crippen molar-refractivity contribution in [3.05, 3.63) is 24.0 Å².